The van der Waals surface area contributed by atoms with Gasteiger partial charge in [-0.25, -0.2) is 12.8 Å². The Kier molecular flexibility index (Phi) is 7.16. The number of aryl methyl sites for hydroxylation is 2. The molecule has 182 valence electrons. The Morgan fingerprint density at radius 1 is 0.941 bits per heavy atom. The summed E-state index contributed by atoms with van der Waals surface area (Å²) < 4.78 is 41.2. The lowest BCUT2D eigenvalue weighted by molar-refractivity contribution is -0.134. The van der Waals surface area contributed by atoms with Crippen LogP contribution in [0.15, 0.2) is 47.4 Å². The Morgan fingerprint density at radius 3 is 2.29 bits per heavy atom. The summed E-state index contributed by atoms with van der Waals surface area (Å²) in [5, 5.41) is 0. The molecule has 0 aliphatic carbocycles. The van der Waals surface area contributed by atoms with E-state index in [1.165, 1.54) is 33.5 Å². The van der Waals surface area contributed by atoms with Crippen LogP contribution >= 0.6 is 0 Å². The molecule has 2 saturated heterocycles. The van der Waals surface area contributed by atoms with Crippen molar-refractivity contribution in [1.82, 2.24) is 14.1 Å². The molecule has 2 aliphatic heterocycles. The maximum absolute atomic E-state index is 13.4. The minimum absolute atomic E-state index is 0.266. The Bertz CT molecular complexity index is 1180. The summed E-state index contributed by atoms with van der Waals surface area (Å²) in [6.07, 6.45) is 2.12. The van der Waals surface area contributed by atoms with Crippen LogP contribution in [0.1, 0.15) is 40.7 Å². The van der Waals surface area contributed by atoms with Gasteiger partial charge in [-0.3, -0.25) is 19.4 Å². The van der Waals surface area contributed by atoms with Gasteiger partial charge in [0, 0.05) is 38.3 Å². The lowest BCUT2D eigenvalue weighted by atomic mass is 10.1. The number of rotatable bonds is 4. The molecule has 4 rings (SSSR count). The summed E-state index contributed by atoms with van der Waals surface area (Å²) in [6, 6.07) is 10.1. The third-order valence-corrected chi connectivity index (χ3v) is 8.71. The van der Waals surface area contributed by atoms with Crippen LogP contribution in [-0.2, 0) is 14.8 Å². The van der Waals surface area contributed by atoms with Gasteiger partial charge in [-0.1, -0.05) is 12.1 Å². The van der Waals surface area contributed by atoms with E-state index in [0.717, 1.165) is 12.0 Å². The van der Waals surface area contributed by atoms with Gasteiger partial charge in [0.25, 0.3) is 5.91 Å². The van der Waals surface area contributed by atoms with Crippen LogP contribution in [0.25, 0.3) is 0 Å². The van der Waals surface area contributed by atoms with E-state index in [1.807, 2.05) is 24.0 Å². The van der Waals surface area contributed by atoms with Crippen molar-refractivity contribution in [2.45, 2.75) is 44.0 Å². The fourth-order valence-electron chi connectivity index (χ4n) is 4.69. The molecule has 2 amide bonds. The van der Waals surface area contributed by atoms with Crippen molar-refractivity contribution in [2.75, 3.05) is 32.7 Å². The second-order valence-corrected chi connectivity index (χ2v) is 10.9. The van der Waals surface area contributed by atoms with Crippen LogP contribution in [0.5, 0.6) is 0 Å². The first kappa shape index (κ1) is 24.5. The smallest absolute Gasteiger partial charge is 0.260 e. The van der Waals surface area contributed by atoms with Gasteiger partial charge >= 0.3 is 0 Å². The second kappa shape index (κ2) is 9.93. The molecule has 7 nitrogen and oxygen atoms in total. The molecule has 0 bridgehead atoms. The normalized spacial score (nSPS) is 20.9. The van der Waals surface area contributed by atoms with Crippen LogP contribution in [0.4, 0.5) is 4.39 Å². The van der Waals surface area contributed by atoms with Gasteiger partial charge in [0.1, 0.15) is 5.82 Å². The molecule has 0 aromatic heterocycles. The first-order valence-corrected chi connectivity index (χ1v) is 13.1. The Balaban J connectivity index is 1.47. The van der Waals surface area contributed by atoms with Crippen LogP contribution in [0.2, 0.25) is 0 Å². The summed E-state index contributed by atoms with van der Waals surface area (Å²) in [7, 11) is -3.63. The fourth-order valence-corrected chi connectivity index (χ4v) is 6.42. The molecule has 2 fully saturated rings. The molecule has 1 atom stereocenters. The van der Waals surface area contributed by atoms with Crippen molar-refractivity contribution in [2.24, 2.45) is 0 Å². The minimum atomic E-state index is -3.63. The number of likely N-dealkylation sites (tertiary alicyclic amines) is 1. The van der Waals surface area contributed by atoms with E-state index < -0.39 is 27.8 Å². The van der Waals surface area contributed by atoms with Gasteiger partial charge < -0.3 is 0 Å². The number of halogens is 1. The maximum Gasteiger partial charge on any atom is 0.260 e. The lowest BCUT2D eigenvalue weighted by Crippen LogP contribution is -2.56. The van der Waals surface area contributed by atoms with Crippen molar-refractivity contribution in [3.05, 3.63) is 65.0 Å². The first-order chi connectivity index (χ1) is 16.2. The molecule has 0 unspecified atom stereocenters. The highest BCUT2D eigenvalue weighted by Crippen LogP contribution is 2.25. The molecule has 0 spiro atoms. The third kappa shape index (κ3) is 4.92. The average Bonchev–Trinajstić information content (AvgIpc) is 3.02. The van der Waals surface area contributed by atoms with Crippen molar-refractivity contribution in [3.63, 3.8) is 0 Å². The molecule has 2 heterocycles. The van der Waals surface area contributed by atoms with E-state index in [4.69, 9.17) is 0 Å². The Morgan fingerprint density at radius 2 is 1.62 bits per heavy atom. The molecule has 2 aromatic rings. The van der Waals surface area contributed by atoms with Crippen molar-refractivity contribution >= 4 is 21.8 Å². The molecule has 2 aliphatic rings. The topological polar surface area (TPSA) is 78.0 Å². The van der Waals surface area contributed by atoms with E-state index in [2.05, 4.69) is 0 Å². The van der Waals surface area contributed by atoms with Gasteiger partial charge in [-0.15, -0.1) is 0 Å². The fraction of sp³-hybridized carbons (Fsp3) is 0.440. The number of imide groups is 1. The molecule has 2 aromatic carbocycles. The summed E-state index contributed by atoms with van der Waals surface area (Å²) in [6.45, 7) is 5.38. The lowest BCUT2D eigenvalue weighted by Gasteiger charge is -2.38. The van der Waals surface area contributed by atoms with Crippen molar-refractivity contribution in [3.8, 4) is 0 Å². The molecule has 34 heavy (non-hydrogen) atoms. The molecule has 0 saturated carbocycles. The van der Waals surface area contributed by atoms with Crippen LogP contribution in [0, 0.1) is 19.7 Å². The zero-order valence-corrected chi connectivity index (χ0v) is 20.4. The van der Waals surface area contributed by atoms with Crippen molar-refractivity contribution in [1.29, 1.82) is 0 Å². The molecule has 9 heteroatoms. The van der Waals surface area contributed by atoms with Crippen LogP contribution in [0.3, 0.4) is 0 Å². The monoisotopic (exact) mass is 487 g/mol. The van der Waals surface area contributed by atoms with E-state index in [0.29, 0.717) is 42.9 Å². The van der Waals surface area contributed by atoms with Gasteiger partial charge in [0.2, 0.25) is 15.9 Å². The standard InChI is InChI=1S/C25H30FN3O4S/c1-18-6-7-19(2)23(17-18)34(32,33)28-15-13-27(14-16-28)22-5-3-4-12-29(25(22)31)24(30)20-8-10-21(26)11-9-20/h6-11,17,22H,3-5,12-16H2,1-2H3/t22-/m1/s1. The molecule has 0 radical (unpaired) electrons. The third-order valence-electron chi connectivity index (χ3n) is 6.67. The number of carbonyl (C=O) groups excluding carboxylic acids is 2. The number of amides is 2. The summed E-state index contributed by atoms with van der Waals surface area (Å²) in [5.41, 5.74) is 1.87. The highest BCUT2D eigenvalue weighted by atomic mass is 32.2. The number of piperazine rings is 1. The summed E-state index contributed by atoms with van der Waals surface area (Å²) in [4.78, 5) is 29.9. The number of benzene rings is 2. The van der Waals surface area contributed by atoms with E-state index >= 15 is 0 Å². The number of sulfonamides is 1. The van der Waals surface area contributed by atoms with Gasteiger partial charge in [0.05, 0.1) is 10.9 Å². The van der Waals surface area contributed by atoms with Crippen molar-refractivity contribution < 1.29 is 22.4 Å². The van der Waals surface area contributed by atoms with Gasteiger partial charge in [-0.05, 0) is 74.6 Å². The van der Waals surface area contributed by atoms with E-state index in [-0.39, 0.29) is 24.6 Å². The van der Waals surface area contributed by atoms with E-state index in [9.17, 15) is 22.4 Å². The number of carbonyl (C=O) groups is 2. The Hall–Kier alpha value is -2.62. The zero-order valence-electron chi connectivity index (χ0n) is 19.5. The van der Waals surface area contributed by atoms with Gasteiger partial charge in [0.15, 0.2) is 0 Å². The predicted molar refractivity (Wildman–Crippen MR) is 126 cm³/mol. The highest BCUT2D eigenvalue weighted by Gasteiger charge is 2.38. The second-order valence-electron chi connectivity index (χ2n) is 9.02. The molecular weight excluding hydrogens is 457 g/mol. The molecule has 0 N–H and O–H groups in total. The summed E-state index contributed by atoms with van der Waals surface area (Å²) >= 11 is 0. The number of nitrogens with zero attached hydrogens (tertiary/aromatic N) is 3. The van der Waals surface area contributed by atoms with E-state index in [1.54, 1.807) is 13.0 Å². The molecular formula is C25H30FN3O4S. The largest absolute Gasteiger partial charge is 0.289 e. The van der Waals surface area contributed by atoms with Crippen LogP contribution in [-0.4, -0.2) is 73.1 Å². The number of hydrogen-bond acceptors (Lipinski definition) is 5. The predicted octanol–water partition coefficient (Wildman–Crippen LogP) is 2.97. The highest BCUT2D eigenvalue weighted by molar-refractivity contribution is 7.89. The zero-order chi connectivity index (χ0) is 24.5. The Labute approximate surface area is 200 Å². The minimum Gasteiger partial charge on any atom is -0.289 e. The first-order valence-electron chi connectivity index (χ1n) is 11.6. The summed E-state index contributed by atoms with van der Waals surface area (Å²) in [5.74, 6) is -1.13. The quantitative estimate of drug-likeness (QED) is 0.620. The number of hydrogen-bond donors (Lipinski definition) is 0. The average molecular weight is 488 g/mol. The SMILES string of the molecule is Cc1ccc(C)c(S(=O)(=O)N2CCN([C@@H]3CCCCN(C(=O)c4ccc(F)cc4)C3=O)CC2)c1. The van der Waals surface area contributed by atoms with Crippen LogP contribution < -0.4 is 0 Å². The maximum atomic E-state index is 13.4. The van der Waals surface area contributed by atoms with Gasteiger partial charge in [-0.2, -0.15) is 4.31 Å².